The summed E-state index contributed by atoms with van der Waals surface area (Å²) in [6.07, 6.45) is 1.13. The van der Waals surface area contributed by atoms with Crippen molar-refractivity contribution in [1.82, 2.24) is 5.32 Å². The van der Waals surface area contributed by atoms with Gasteiger partial charge in [-0.1, -0.05) is 6.07 Å². The Hall–Kier alpha value is -0.890. The lowest BCUT2D eigenvalue weighted by atomic mass is 9.97. The number of benzene rings is 1. The zero-order chi connectivity index (χ0) is 9.26. The normalized spacial score (nSPS) is 22.2. The minimum absolute atomic E-state index is 0.109. The van der Waals surface area contributed by atoms with Crippen LogP contribution in [0.1, 0.15) is 23.5 Å². The minimum Gasteiger partial charge on any atom is -0.316 e. The molecular weight excluding hydrogens is 165 g/mol. The van der Waals surface area contributed by atoms with Gasteiger partial charge in [0.05, 0.1) is 0 Å². The van der Waals surface area contributed by atoms with Crippen LogP contribution in [0.2, 0.25) is 0 Å². The Labute approximate surface area is 78.0 Å². The number of hydrogen-bond donors (Lipinski definition) is 1. The predicted octanol–water partition coefficient (Wildman–Crippen LogP) is 2.21. The molecular formula is C11H14FN. The summed E-state index contributed by atoms with van der Waals surface area (Å²) in [5.41, 5.74) is 2.16. The van der Waals surface area contributed by atoms with E-state index in [2.05, 4.69) is 11.4 Å². The highest BCUT2D eigenvalue weighted by Crippen LogP contribution is 2.23. The molecule has 0 saturated carbocycles. The summed E-state index contributed by atoms with van der Waals surface area (Å²) in [7, 11) is 0. The summed E-state index contributed by atoms with van der Waals surface area (Å²) in [4.78, 5) is 0. The van der Waals surface area contributed by atoms with Crippen molar-refractivity contribution in [2.24, 2.45) is 0 Å². The van der Waals surface area contributed by atoms with E-state index in [0.29, 0.717) is 5.92 Å². The van der Waals surface area contributed by atoms with Crippen molar-refractivity contribution < 1.29 is 4.39 Å². The highest BCUT2D eigenvalue weighted by Gasteiger charge is 2.16. The smallest absolute Gasteiger partial charge is 0.123 e. The largest absolute Gasteiger partial charge is 0.316 e. The van der Waals surface area contributed by atoms with Crippen molar-refractivity contribution in [1.29, 1.82) is 0 Å². The molecule has 1 aromatic rings. The Morgan fingerprint density at radius 2 is 2.23 bits per heavy atom. The van der Waals surface area contributed by atoms with Crippen LogP contribution in [0.5, 0.6) is 0 Å². The molecule has 1 nitrogen and oxygen atoms in total. The van der Waals surface area contributed by atoms with Crippen molar-refractivity contribution in [3.63, 3.8) is 0 Å². The van der Waals surface area contributed by atoms with Crippen LogP contribution < -0.4 is 5.32 Å². The van der Waals surface area contributed by atoms with E-state index in [4.69, 9.17) is 0 Å². The monoisotopic (exact) mass is 179 g/mol. The van der Waals surface area contributed by atoms with Gasteiger partial charge in [-0.25, -0.2) is 4.39 Å². The summed E-state index contributed by atoms with van der Waals surface area (Å²) < 4.78 is 13.1. The van der Waals surface area contributed by atoms with Gasteiger partial charge < -0.3 is 5.32 Å². The standard InChI is InChI=1S/C11H14FN/c1-8-4-10(6-11(12)5-8)9-2-3-13-7-9/h4-6,9,13H,2-3,7H2,1H3. The van der Waals surface area contributed by atoms with Crippen molar-refractivity contribution in [2.75, 3.05) is 13.1 Å². The molecule has 0 aliphatic carbocycles. The lowest BCUT2D eigenvalue weighted by molar-refractivity contribution is 0.619. The summed E-state index contributed by atoms with van der Waals surface area (Å²) in [6, 6.07) is 5.32. The molecule has 1 aliphatic rings. The third-order valence-corrected chi connectivity index (χ3v) is 2.60. The second-order valence-electron chi connectivity index (χ2n) is 3.75. The van der Waals surface area contributed by atoms with Crippen molar-refractivity contribution in [2.45, 2.75) is 19.3 Å². The summed E-state index contributed by atoms with van der Waals surface area (Å²) in [5.74, 6) is 0.399. The van der Waals surface area contributed by atoms with Gasteiger partial charge in [0.25, 0.3) is 0 Å². The highest BCUT2D eigenvalue weighted by atomic mass is 19.1. The highest BCUT2D eigenvalue weighted by molar-refractivity contribution is 5.27. The van der Waals surface area contributed by atoms with Crippen LogP contribution in [0, 0.1) is 12.7 Å². The first-order valence-electron chi connectivity index (χ1n) is 4.73. The van der Waals surface area contributed by atoms with Crippen LogP contribution in [0.3, 0.4) is 0 Å². The Bertz CT molecular complexity index is 283. The van der Waals surface area contributed by atoms with E-state index in [9.17, 15) is 4.39 Å². The molecule has 0 aromatic heterocycles. The van der Waals surface area contributed by atoms with Gasteiger partial charge in [-0.2, -0.15) is 0 Å². The van der Waals surface area contributed by atoms with Crippen molar-refractivity contribution in [3.8, 4) is 0 Å². The Morgan fingerprint density at radius 1 is 1.38 bits per heavy atom. The molecule has 1 heterocycles. The third kappa shape index (κ3) is 1.89. The van der Waals surface area contributed by atoms with Gasteiger partial charge in [0.1, 0.15) is 5.82 Å². The number of rotatable bonds is 1. The summed E-state index contributed by atoms with van der Waals surface area (Å²) in [6.45, 7) is 3.98. The molecule has 2 rings (SSSR count). The first kappa shape index (κ1) is 8.70. The van der Waals surface area contributed by atoms with Gasteiger partial charge in [0.2, 0.25) is 0 Å². The van der Waals surface area contributed by atoms with E-state index in [1.807, 2.05) is 6.92 Å². The Morgan fingerprint density at radius 3 is 2.85 bits per heavy atom. The molecule has 0 amide bonds. The van der Waals surface area contributed by atoms with Gasteiger partial charge >= 0.3 is 0 Å². The summed E-state index contributed by atoms with van der Waals surface area (Å²) in [5, 5.41) is 3.29. The van der Waals surface area contributed by atoms with Crippen molar-refractivity contribution >= 4 is 0 Å². The van der Waals surface area contributed by atoms with Crippen LogP contribution in [0.4, 0.5) is 4.39 Å². The average molecular weight is 179 g/mol. The van der Waals surface area contributed by atoms with Gasteiger partial charge in [-0.05, 0) is 49.1 Å². The maximum Gasteiger partial charge on any atom is 0.123 e. The molecule has 1 aromatic carbocycles. The molecule has 1 aliphatic heterocycles. The fourth-order valence-electron chi connectivity index (χ4n) is 1.94. The zero-order valence-electron chi connectivity index (χ0n) is 7.81. The quantitative estimate of drug-likeness (QED) is 0.697. The lowest BCUT2D eigenvalue weighted by Gasteiger charge is -2.09. The van der Waals surface area contributed by atoms with Gasteiger partial charge in [-0.3, -0.25) is 0 Å². The molecule has 1 fully saturated rings. The molecule has 1 N–H and O–H groups in total. The van der Waals surface area contributed by atoms with Gasteiger partial charge in [-0.15, -0.1) is 0 Å². The molecule has 1 saturated heterocycles. The average Bonchev–Trinajstić information content (AvgIpc) is 2.53. The first-order chi connectivity index (χ1) is 6.25. The SMILES string of the molecule is Cc1cc(F)cc(C2CCNC2)c1. The molecule has 0 spiro atoms. The maximum absolute atomic E-state index is 13.1. The van der Waals surface area contributed by atoms with E-state index >= 15 is 0 Å². The maximum atomic E-state index is 13.1. The van der Waals surface area contributed by atoms with E-state index in [0.717, 1.165) is 30.6 Å². The second-order valence-corrected chi connectivity index (χ2v) is 3.75. The third-order valence-electron chi connectivity index (χ3n) is 2.60. The summed E-state index contributed by atoms with van der Waals surface area (Å²) >= 11 is 0. The fraction of sp³-hybridized carbons (Fsp3) is 0.455. The minimum atomic E-state index is -0.109. The van der Waals surface area contributed by atoms with Gasteiger partial charge in [0.15, 0.2) is 0 Å². The van der Waals surface area contributed by atoms with Crippen LogP contribution in [-0.4, -0.2) is 13.1 Å². The molecule has 1 unspecified atom stereocenters. The molecule has 2 heteroatoms. The van der Waals surface area contributed by atoms with E-state index in [1.54, 1.807) is 12.1 Å². The number of hydrogen-bond acceptors (Lipinski definition) is 1. The van der Waals surface area contributed by atoms with Gasteiger partial charge in [0, 0.05) is 6.54 Å². The number of aryl methyl sites for hydroxylation is 1. The number of nitrogens with one attached hydrogen (secondary N) is 1. The molecule has 1 atom stereocenters. The van der Waals surface area contributed by atoms with Crippen LogP contribution in [-0.2, 0) is 0 Å². The van der Waals surface area contributed by atoms with Crippen molar-refractivity contribution in [3.05, 3.63) is 35.1 Å². The first-order valence-corrected chi connectivity index (χ1v) is 4.73. The van der Waals surface area contributed by atoms with Crippen LogP contribution in [0.15, 0.2) is 18.2 Å². The van der Waals surface area contributed by atoms with E-state index < -0.39 is 0 Å². The van der Waals surface area contributed by atoms with E-state index in [1.165, 1.54) is 0 Å². The Balaban J connectivity index is 2.28. The zero-order valence-corrected chi connectivity index (χ0v) is 7.81. The molecule has 13 heavy (non-hydrogen) atoms. The lowest BCUT2D eigenvalue weighted by Crippen LogP contribution is -2.08. The van der Waals surface area contributed by atoms with E-state index in [-0.39, 0.29) is 5.82 Å². The second kappa shape index (κ2) is 3.46. The van der Waals surface area contributed by atoms with Crippen LogP contribution >= 0.6 is 0 Å². The molecule has 0 bridgehead atoms. The molecule has 70 valence electrons. The fourth-order valence-corrected chi connectivity index (χ4v) is 1.94. The van der Waals surface area contributed by atoms with Crippen LogP contribution in [0.25, 0.3) is 0 Å². The predicted molar refractivity (Wildman–Crippen MR) is 51.4 cm³/mol. The number of halogens is 1. The molecule has 0 radical (unpaired) electrons. The topological polar surface area (TPSA) is 12.0 Å². The Kier molecular flexibility index (Phi) is 2.32.